The molecule has 100 valence electrons. The zero-order valence-corrected chi connectivity index (χ0v) is 11.0. The normalized spacial score (nSPS) is 15.8. The van der Waals surface area contributed by atoms with Crippen LogP contribution in [0.4, 0.5) is 0 Å². The molecule has 2 heterocycles. The molecule has 1 aliphatic rings. The Bertz CT molecular complexity index is 636. The van der Waals surface area contributed by atoms with Crippen LogP contribution in [-0.2, 0) is 16.6 Å². The van der Waals surface area contributed by atoms with Gasteiger partial charge in [-0.1, -0.05) is 6.07 Å². The fourth-order valence-corrected chi connectivity index (χ4v) is 3.53. The average molecular weight is 278 g/mol. The summed E-state index contributed by atoms with van der Waals surface area (Å²) in [7, 11) is -3.51. The highest BCUT2D eigenvalue weighted by Gasteiger charge is 2.38. The highest BCUT2D eigenvalue weighted by atomic mass is 32.2. The van der Waals surface area contributed by atoms with Crippen molar-refractivity contribution in [2.45, 2.75) is 30.5 Å². The third-order valence-electron chi connectivity index (χ3n) is 3.08. The van der Waals surface area contributed by atoms with Crippen LogP contribution in [0.15, 0.2) is 41.8 Å². The van der Waals surface area contributed by atoms with Gasteiger partial charge in [-0.25, -0.2) is 8.42 Å². The van der Waals surface area contributed by atoms with E-state index < -0.39 is 10.0 Å². The number of nitrogens with zero attached hydrogens (tertiary/aromatic N) is 3. The van der Waals surface area contributed by atoms with E-state index in [4.69, 9.17) is 0 Å². The molecule has 6 nitrogen and oxygen atoms in total. The highest BCUT2D eigenvalue weighted by molar-refractivity contribution is 7.89. The molecule has 7 heteroatoms. The molecule has 2 aromatic heterocycles. The Morgan fingerprint density at radius 3 is 2.74 bits per heavy atom. The fourth-order valence-electron chi connectivity index (χ4n) is 1.96. The first-order chi connectivity index (χ1) is 9.18. The van der Waals surface area contributed by atoms with E-state index in [1.165, 1.54) is 16.6 Å². The summed E-state index contributed by atoms with van der Waals surface area (Å²) in [5.41, 5.74) is 0.887. The summed E-state index contributed by atoms with van der Waals surface area (Å²) in [5.74, 6) is 0. The number of H-pyrrole nitrogens is 1. The summed E-state index contributed by atoms with van der Waals surface area (Å²) in [6.45, 7) is 0.347. The van der Waals surface area contributed by atoms with Crippen LogP contribution in [0.1, 0.15) is 18.4 Å². The number of sulfonamides is 1. The van der Waals surface area contributed by atoms with Crippen LogP contribution in [0.5, 0.6) is 0 Å². The highest BCUT2D eigenvalue weighted by Crippen LogP contribution is 2.32. The lowest BCUT2D eigenvalue weighted by molar-refractivity contribution is 0.396. The van der Waals surface area contributed by atoms with Crippen LogP contribution in [0, 0.1) is 0 Å². The Morgan fingerprint density at radius 1 is 1.32 bits per heavy atom. The van der Waals surface area contributed by atoms with Gasteiger partial charge in [-0.3, -0.25) is 10.1 Å². The Labute approximate surface area is 111 Å². The molecular formula is C12H14N4O2S. The van der Waals surface area contributed by atoms with Gasteiger partial charge in [0.15, 0.2) is 5.03 Å². The van der Waals surface area contributed by atoms with Crippen molar-refractivity contribution >= 4 is 10.0 Å². The van der Waals surface area contributed by atoms with Crippen molar-refractivity contribution in [2.75, 3.05) is 0 Å². The maximum absolute atomic E-state index is 12.5. The third kappa shape index (κ3) is 2.52. The van der Waals surface area contributed by atoms with Crippen LogP contribution in [0.3, 0.4) is 0 Å². The minimum atomic E-state index is -3.51. The van der Waals surface area contributed by atoms with Gasteiger partial charge < -0.3 is 0 Å². The number of hydrogen-bond donors (Lipinski definition) is 1. The molecule has 1 saturated carbocycles. The van der Waals surface area contributed by atoms with Gasteiger partial charge >= 0.3 is 0 Å². The Hall–Kier alpha value is -1.73. The number of aromatic amines is 1. The van der Waals surface area contributed by atoms with E-state index in [0.29, 0.717) is 6.54 Å². The van der Waals surface area contributed by atoms with Gasteiger partial charge in [-0.05, 0) is 30.5 Å². The number of aromatic nitrogens is 3. The predicted molar refractivity (Wildman–Crippen MR) is 68.6 cm³/mol. The molecule has 0 aliphatic heterocycles. The van der Waals surface area contributed by atoms with E-state index in [0.717, 1.165) is 18.4 Å². The summed E-state index contributed by atoms with van der Waals surface area (Å²) in [4.78, 5) is 4.02. The van der Waals surface area contributed by atoms with Gasteiger partial charge in [0.25, 0.3) is 10.0 Å². The maximum Gasteiger partial charge on any atom is 0.260 e. The van der Waals surface area contributed by atoms with Crippen LogP contribution in [0.2, 0.25) is 0 Å². The number of nitrogens with one attached hydrogen (secondary N) is 1. The summed E-state index contributed by atoms with van der Waals surface area (Å²) in [6.07, 6.45) is 6.63. The maximum atomic E-state index is 12.5. The molecule has 0 aromatic carbocycles. The van der Waals surface area contributed by atoms with Crippen molar-refractivity contribution in [3.63, 3.8) is 0 Å². The standard InChI is InChI=1S/C12H14N4O2S/c17-19(18,12-5-7-14-15-12)16(11-3-4-11)9-10-2-1-6-13-8-10/h1-2,5-8,11H,3-4,9H2,(H,14,15). The summed E-state index contributed by atoms with van der Waals surface area (Å²) < 4.78 is 26.6. The van der Waals surface area contributed by atoms with E-state index >= 15 is 0 Å². The van der Waals surface area contributed by atoms with Gasteiger partial charge in [0.2, 0.25) is 0 Å². The molecule has 1 N–H and O–H groups in total. The van der Waals surface area contributed by atoms with Crippen molar-refractivity contribution in [2.24, 2.45) is 0 Å². The lowest BCUT2D eigenvalue weighted by Crippen LogP contribution is -2.33. The van der Waals surface area contributed by atoms with Crippen molar-refractivity contribution < 1.29 is 8.42 Å². The molecule has 0 saturated heterocycles. The zero-order valence-electron chi connectivity index (χ0n) is 10.2. The molecule has 1 fully saturated rings. The Kier molecular flexibility index (Phi) is 3.08. The van der Waals surface area contributed by atoms with Crippen LogP contribution in [-0.4, -0.2) is 33.9 Å². The number of hydrogen-bond acceptors (Lipinski definition) is 4. The molecule has 0 bridgehead atoms. The summed E-state index contributed by atoms with van der Waals surface area (Å²) in [5, 5.41) is 6.39. The summed E-state index contributed by atoms with van der Waals surface area (Å²) >= 11 is 0. The summed E-state index contributed by atoms with van der Waals surface area (Å²) in [6, 6.07) is 5.26. The van der Waals surface area contributed by atoms with Gasteiger partial charge in [0, 0.05) is 25.0 Å². The smallest absolute Gasteiger partial charge is 0.260 e. The molecular weight excluding hydrogens is 264 g/mol. The Morgan fingerprint density at radius 2 is 2.16 bits per heavy atom. The number of pyridine rings is 1. The molecule has 2 aromatic rings. The topological polar surface area (TPSA) is 79.0 Å². The van der Waals surface area contributed by atoms with E-state index in [9.17, 15) is 8.42 Å². The zero-order chi connectivity index (χ0) is 13.3. The second-order valence-corrected chi connectivity index (χ2v) is 6.42. The van der Waals surface area contributed by atoms with E-state index in [-0.39, 0.29) is 11.1 Å². The van der Waals surface area contributed by atoms with E-state index in [2.05, 4.69) is 15.2 Å². The van der Waals surface area contributed by atoms with Crippen molar-refractivity contribution in [3.8, 4) is 0 Å². The average Bonchev–Trinajstić information content (AvgIpc) is 3.09. The lowest BCUT2D eigenvalue weighted by Gasteiger charge is -2.20. The molecule has 0 spiro atoms. The molecule has 1 aliphatic carbocycles. The largest absolute Gasteiger partial charge is 0.266 e. The van der Waals surface area contributed by atoms with Gasteiger partial charge in [-0.15, -0.1) is 0 Å². The van der Waals surface area contributed by atoms with Crippen LogP contribution in [0.25, 0.3) is 0 Å². The SMILES string of the molecule is O=S(=O)(c1ccn[nH]1)N(Cc1cccnc1)C1CC1. The first kappa shape index (κ1) is 12.3. The van der Waals surface area contributed by atoms with Crippen LogP contribution >= 0.6 is 0 Å². The van der Waals surface area contributed by atoms with Crippen molar-refractivity contribution in [1.29, 1.82) is 0 Å². The quantitative estimate of drug-likeness (QED) is 0.890. The molecule has 0 atom stereocenters. The van der Waals surface area contributed by atoms with Gasteiger partial charge in [-0.2, -0.15) is 9.40 Å². The van der Waals surface area contributed by atoms with Gasteiger partial charge in [0.05, 0.1) is 6.20 Å². The first-order valence-electron chi connectivity index (χ1n) is 6.08. The third-order valence-corrected chi connectivity index (χ3v) is 4.91. The minimum absolute atomic E-state index is 0.0912. The second-order valence-electron chi connectivity index (χ2n) is 4.56. The lowest BCUT2D eigenvalue weighted by atomic mass is 10.3. The molecule has 0 unspecified atom stereocenters. The Balaban J connectivity index is 1.90. The van der Waals surface area contributed by atoms with Crippen molar-refractivity contribution in [1.82, 2.24) is 19.5 Å². The van der Waals surface area contributed by atoms with E-state index in [1.807, 2.05) is 12.1 Å². The second kappa shape index (κ2) is 4.75. The molecule has 19 heavy (non-hydrogen) atoms. The molecule has 0 amide bonds. The minimum Gasteiger partial charge on any atom is -0.266 e. The molecule has 3 rings (SSSR count). The van der Waals surface area contributed by atoms with Crippen molar-refractivity contribution in [3.05, 3.63) is 42.4 Å². The molecule has 0 radical (unpaired) electrons. The fraction of sp³-hybridized carbons (Fsp3) is 0.333. The van der Waals surface area contributed by atoms with Gasteiger partial charge in [0.1, 0.15) is 0 Å². The predicted octanol–water partition coefficient (Wildman–Crippen LogP) is 1.16. The number of rotatable bonds is 5. The van der Waals surface area contributed by atoms with E-state index in [1.54, 1.807) is 12.4 Å². The van der Waals surface area contributed by atoms with Crippen LogP contribution < -0.4 is 0 Å². The first-order valence-corrected chi connectivity index (χ1v) is 7.52. The monoisotopic (exact) mass is 278 g/mol.